The highest BCUT2D eigenvalue weighted by Crippen LogP contribution is 2.37. The Morgan fingerprint density at radius 2 is 2.21 bits per heavy atom. The maximum atomic E-state index is 4.12. The van der Waals surface area contributed by atoms with Gasteiger partial charge in [-0.15, -0.1) is 5.10 Å². The van der Waals surface area contributed by atoms with Gasteiger partial charge in [-0.3, -0.25) is 0 Å². The van der Waals surface area contributed by atoms with Crippen LogP contribution in [0.2, 0.25) is 0 Å². The lowest BCUT2D eigenvalue weighted by Crippen LogP contribution is -2.22. The van der Waals surface area contributed by atoms with E-state index in [1.165, 1.54) is 19.3 Å². The maximum absolute atomic E-state index is 4.12. The average Bonchev–Trinajstić information content (AvgIpc) is 3.04. The first-order chi connectivity index (χ1) is 6.93. The molecule has 14 heavy (non-hydrogen) atoms. The summed E-state index contributed by atoms with van der Waals surface area (Å²) in [7, 11) is 0. The van der Waals surface area contributed by atoms with Crippen molar-refractivity contribution in [2.45, 2.75) is 25.3 Å². The smallest absolute Gasteiger partial charge is 0.172 e. The van der Waals surface area contributed by atoms with Crippen molar-refractivity contribution in [2.75, 3.05) is 17.2 Å². The SMILES string of the molecule is c1cc2c(nn1)NC(C1CC1)CCN2. The molecule has 1 aliphatic heterocycles. The third-order valence-electron chi connectivity index (χ3n) is 3.00. The normalized spacial score (nSPS) is 25.6. The highest BCUT2D eigenvalue weighted by molar-refractivity contribution is 5.64. The Bertz CT molecular complexity index is 335. The topological polar surface area (TPSA) is 49.8 Å². The number of aromatic nitrogens is 2. The van der Waals surface area contributed by atoms with Gasteiger partial charge in [-0.1, -0.05) is 0 Å². The van der Waals surface area contributed by atoms with Crippen molar-refractivity contribution in [3.05, 3.63) is 12.3 Å². The van der Waals surface area contributed by atoms with E-state index in [1.54, 1.807) is 6.20 Å². The van der Waals surface area contributed by atoms with E-state index >= 15 is 0 Å². The van der Waals surface area contributed by atoms with Crippen LogP contribution >= 0.6 is 0 Å². The Morgan fingerprint density at radius 1 is 1.29 bits per heavy atom. The van der Waals surface area contributed by atoms with E-state index in [2.05, 4.69) is 20.8 Å². The van der Waals surface area contributed by atoms with Crippen LogP contribution in [-0.4, -0.2) is 22.8 Å². The summed E-state index contributed by atoms with van der Waals surface area (Å²) in [6, 6.07) is 2.57. The van der Waals surface area contributed by atoms with Crippen molar-refractivity contribution >= 4 is 11.5 Å². The zero-order chi connectivity index (χ0) is 9.38. The third kappa shape index (κ3) is 1.41. The molecule has 1 unspecified atom stereocenters. The van der Waals surface area contributed by atoms with E-state index < -0.39 is 0 Å². The lowest BCUT2D eigenvalue weighted by atomic mass is 10.1. The molecule has 1 aromatic heterocycles. The van der Waals surface area contributed by atoms with Crippen molar-refractivity contribution in [3.63, 3.8) is 0 Å². The van der Waals surface area contributed by atoms with Crippen LogP contribution in [0.15, 0.2) is 12.3 Å². The molecule has 1 atom stereocenters. The summed E-state index contributed by atoms with van der Waals surface area (Å²) in [5.41, 5.74) is 1.09. The Kier molecular flexibility index (Phi) is 1.79. The van der Waals surface area contributed by atoms with Crippen molar-refractivity contribution in [3.8, 4) is 0 Å². The summed E-state index contributed by atoms with van der Waals surface area (Å²) in [5.74, 6) is 1.78. The Hall–Kier alpha value is -1.32. The molecule has 1 aromatic rings. The molecule has 0 saturated heterocycles. The fourth-order valence-corrected chi connectivity index (χ4v) is 2.04. The Balaban J connectivity index is 1.86. The summed E-state index contributed by atoms with van der Waals surface area (Å²) >= 11 is 0. The molecule has 3 rings (SSSR count). The molecule has 0 amide bonds. The molecule has 4 heteroatoms. The van der Waals surface area contributed by atoms with Gasteiger partial charge >= 0.3 is 0 Å². The standard InChI is InChI=1S/C10H14N4/c1-2-7(1)8-3-5-11-9-4-6-12-14-10(9)13-8/h4,6-8,11H,1-3,5H2,(H,13,14). The van der Waals surface area contributed by atoms with E-state index in [4.69, 9.17) is 0 Å². The summed E-state index contributed by atoms with van der Waals surface area (Å²) in [4.78, 5) is 0. The fraction of sp³-hybridized carbons (Fsp3) is 0.600. The van der Waals surface area contributed by atoms with E-state index in [1.807, 2.05) is 6.07 Å². The molecule has 2 aliphatic rings. The number of hydrogen-bond donors (Lipinski definition) is 2. The van der Waals surface area contributed by atoms with E-state index in [9.17, 15) is 0 Å². The molecule has 0 radical (unpaired) electrons. The number of rotatable bonds is 1. The van der Waals surface area contributed by atoms with E-state index in [-0.39, 0.29) is 0 Å². The van der Waals surface area contributed by atoms with Gasteiger partial charge in [-0.25, -0.2) is 0 Å². The Labute approximate surface area is 83.1 Å². The van der Waals surface area contributed by atoms with Crippen LogP contribution in [0.1, 0.15) is 19.3 Å². The maximum Gasteiger partial charge on any atom is 0.172 e. The second-order valence-corrected chi connectivity index (χ2v) is 4.10. The van der Waals surface area contributed by atoms with Gasteiger partial charge in [0.25, 0.3) is 0 Å². The van der Waals surface area contributed by atoms with Crippen LogP contribution < -0.4 is 10.6 Å². The second kappa shape index (κ2) is 3.12. The summed E-state index contributed by atoms with van der Waals surface area (Å²) in [6.07, 6.45) is 5.65. The first-order valence-electron chi connectivity index (χ1n) is 5.25. The van der Waals surface area contributed by atoms with E-state index in [0.29, 0.717) is 6.04 Å². The van der Waals surface area contributed by atoms with Gasteiger partial charge in [0.15, 0.2) is 5.82 Å². The average molecular weight is 190 g/mol. The zero-order valence-corrected chi connectivity index (χ0v) is 8.03. The first-order valence-corrected chi connectivity index (χ1v) is 5.25. The van der Waals surface area contributed by atoms with Crippen LogP contribution in [0, 0.1) is 5.92 Å². The lowest BCUT2D eigenvalue weighted by Gasteiger charge is -2.14. The van der Waals surface area contributed by atoms with Gasteiger partial charge < -0.3 is 10.6 Å². The molecule has 2 heterocycles. The summed E-state index contributed by atoms with van der Waals surface area (Å²) in [6.45, 7) is 1.03. The highest BCUT2D eigenvalue weighted by atomic mass is 15.2. The van der Waals surface area contributed by atoms with Crippen LogP contribution in [0.5, 0.6) is 0 Å². The number of anilines is 2. The minimum Gasteiger partial charge on any atom is -0.382 e. The molecule has 4 nitrogen and oxygen atoms in total. The van der Waals surface area contributed by atoms with Gasteiger partial charge in [-0.2, -0.15) is 5.10 Å². The monoisotopic (exact) mass is 190 g/mol. The van der Waals surface area contributed by atoms with Crippen LogP contribution in [0.4, 0.5) is 11.5 Å². The van der Waals surface area contributed by atoms with Crippen molar-refractivity contribution in [1.82, 2.24) is 10.2 Å². The molecule has 1 saturated carbocycles. The van der Waals surface area contributed by atoms with Gasteiger partial charge in [0, 0.05) is 12.6 Å². The van der Waals surface area contributed by atoms with Gasteiger partial charge in [0.2, 0.25) is 0 Å². The lowest BCUT2D eigenvalue weighted by molar-refractivity contribution is 0.606. The second-order valence-electron chi connectivity index (χ2n) is 4.10. The Morgan fingerprint density at radius 3 is 3.07 bits per heavy atom. The minimum atomic E-state index is 0.598. The largest absolute Gasteiger partial charge is 0.382 e. The van der Waals surface area contributed by atoms with Crippen molar-refractivity contribution in [1.29, 1.82) is 0 Å². The molecule has 74 valence electrons. The highest BCUT2D eigenvalue weighted by Gasteiger charge is 2.32. The van der Waals surface area contributed by atoms with Gasteiger partial charge in [0.05, 0.1) is 11.9 Å². The fourth-order valence-electron chi connectivity index (χ4n) is 2.04. The number of hydrogen-bond acceptors (Lipinski definition) is 4. The molecule has 1 fully saturated rings. The number of fused-ring (bicyclic) bond motifs is 1. The number of nitrogens with one attached hydrogen (secondary N) is 2. The zero-order valence-electron chi connectivity index (χ0n) is 8.03. The third-order valence-corrected chi connectivity index (χ3v) is 3.00. The van der Waals surface area contributed by atoms with Gasteiger partial charge in [0.1, 0.15) is 0 Å². The molecule has 2 N–H and O–H groups in total. The molecule has 1 aliphatic carbocycles. The quantitative estimate of drug-likeness (QED) is 0.704. The van der Waals surface area contributed by atoms with Crippen molar-refractivity contribution < 1.29 is 0 Å². The molecule has 0 spiro atoms. The van der Waals surface area contributed by atoms with Crippen molar-refractivity contribution in [2.24, 2.45) is 5.92 Å². The predicted octanol–water partition coefficient (Wildman–Crippen LogP) is 1.48. The predicted molar refractivity (Wildman–Crippen MR) is 55.3 cm³/mol. The van der Waals surface area contributed by atoms with Gasteiger partial charge in [-0.05, 0) is 31.2 Å². The summed E-state index contributed by atoms with van der Waals surface area (Å²) in [5, 5.41) is 14.9. The molecule has 0 bridgehead atoms. The van der Waals surface area contributed by atoms with E-state index in [0.717, 1.165) is 24.0 Å². The van der Waals surface area contributed by atoms with Crippen LogP contribution in [0.3, 0.4) is 0 Å². The summed E-state index contributed by atoms with van der Waals surface area (Å²) < 4.78 is 0. The van der Waals surface area contributed by atoms with Crippen LogP contribution in [0.25, 0.3) is 0 Å². The molecular weight excluding hydrogens is 176 g/mol. The first kappa shape index (κ1) is 8.03. The minimum absolute atomic E-state index is 0.598. The van der Waals surface area contributed by atoms with Crippen LogP contribution in [-0.2, 0) is 0 Å². The molecule has 0 aromatic carbocycles. The molecular formula is C10H14N4. The number of nitrogens with zero attached hydrogens (tertiary/aromatic N) is 2.